The molecule has 1 heterocycles. The van der Waals surface area contributed by atoms with Crippen molar-refractivity contribution < 1.29 is 14.7 Å². The molecule has 1 amide bonds. The van der Waals surface area contributed by atoms with Crippen molar-refractivity contribution in [3.05, 3.63) is 11.8 Å². The van der Waals surface area contributed by atoms with Gasteiger partial charge in [0.25, 0.3) is 5.91 Å². The standard InChI is InChI=1S/C13H20N4O3/c1-3-16-4-6-17(7-5-16)9-11(8-14)12(18)15-10(2)13(19)20/h9-10H,3-7H2,1-2H3,(H,15,18)(H,19,20)/b11-9-. The molecule has 0 aromatic carbocycles. The van der Waals surface area contributed by atoms with Crippen LogP contribution in [-0.2, 0) is 9.59 Å². The first kappa shape index (κ1) is 16.0. The molecule has 1 unspecified atom stereocenters. The summed E-state index contributed by atoms with van der Waals surface area (Å²) < 4.78 is 0. The Labute approximate surface area is 118 Å². The van der Waals surface area contributed by atoms with Crippen LogP contribution in [0.5, 0.6) is 0 Å². The second kappa shape index (κ2) is 7.50. The molecule has 0 spiro atoms. The molecule has 1 fully saturated rings. The summed E-state index contributed by atoms with van der Waals surface area (Å²) in [7, 11) is 0. The zero-order valence-corrected chi connectivity index (χ0v) is 11.8. The first-order valence-electron chi connectivity index (χ1n) is 6.60. The molecule has 1 aliphatic heterocycles. The number of carbonyl (C=O) groups excluding carboxylic acids is 1. The van der Waals surface area contributed by atoms with Crippen molar-refractivity contribution in [3.8, 4) is 6.07 Å². The van der Waals surface area contributed by atoms with Gasteiger partial charge in [0, 0.05) is 32.4 Å². The third kappa shape index (κ3) is 4.55. The minimum atomic E-state index is -1.13. The number of nitrogens with zero attached hydrogens (tertiary/aromatic N) is 3. The van der Waals surface area contributed by atoms with Crippen LogP contribution in [-0.4, -0.2) is 65.5 Å². The SMILES string of the molecule is CCN1CCN(/C=C(/C#N)C(=O)NC(C)C(=O)O)CC1. The van der Waals surface area contributed by atoms with E-state index in [2.05, 4.69) is 17.1 Å². The molecule has 2 N–H and O–H groups in total. The number of amides is 1. The smallest absolute Gasteiger partial charge is 0.325 e. The summed E-state index contributed by atoms with van der Waals surface area (Å²) in [5.41, 5.74) is -0.0666. The highest BCUT2D eigenvalue weighted by Gasteiger charge is 2.19. The first-order valence-corrected chi connectivity index (χ1v) is 6.60. The van der Waals surface area contributed by atoms with Gasteiger partial charge in [-0.05, 0) is 13.5 Å². The average Bonchev–Trinajstić information content (AvgIpc) is 2.44. The molecule has 20 heavy (non-hydrogen) atoms. The number of hydrogen-bond donors (Lipinski definition) is 2. The van der Waals surface area contributed by atoms with E-state index in [0.717, 1.165) is 32.7 Å². The van der Waals surface area contributed by atoms with Crippen molar-refractivity contribution in [1.29, 1.82) is 5.26 Å². The lowest BCUT2D eigenvalue weighted by Crippen LogP contribution is -2.44. The van der Waals surface area contributed by atoms with E-state index in [1.807, 2.05) is 11.0 Å². The largest absolute Gasteiger partial charge is 0.480 e. The fraction of sp³-hybridized carbons (Fsp3) is 0.615. The molecule has 7 heteroatoms. The molecule has 0 bridgehead atoms. The number of aliphatic carboxylic acids is 1. The van der Waals surface area contributed by atoms with Crippen LogP contribution < -0.4 is 5.32 Å². The summed E-state index contributed by atoms with van der Waals surface area (Å²) in [6, 6.07) is 0.802. The normalized spacial score (nSPS) is 18.2. The van der Waals surface area contributed by atoms with Gasteiger partial charge in [-0.2, -0.15) is 5.26 Å². The summed E-state index contributed by atoms with van der Waals surface area (Å²) in [5.74, 6) is -1.78. The lowest BCUT2D eigenvalue weighted by Gasteiger charge is -2.33. The maximum absolute atomic E-state index is 11.8. The van der Waals surface area contributed by atoms with Crippen LogP contribution in [0.2, 0.25) is 0 Å². The Morgan fingerprint density at radius 1 is 1.40 bits per heavy atom. The number of nitrogens with one attached hydrogen (secondary N) is 1. The van der Waals surface area contributed by atoms with Crippen LogP contribution in [0.3, 0.4) is 0 Å². The minimum Gasteiger partial charge on any atom is -0.480 e. The number of likely N-dealkylation sites (N-methyl/N-ethyl adjacent to an activating group) is 1. The Morgan fingerprint density at radius 3 is 2.45 bits per heavy atom. The third-order valence-electron chi connectivity index (χ3n) is 3.25. The predicted molar refractivity (Wildman–Crippen MR) is 72.6 cm³/mol. The van der Waals surface area contributed by atoms with Gasteiger partial charge in [-0.3, -0.25) is 9.59 Å². The molecule has 0 aliphatic carbocycles. The number of nitriles is 1. The predicted octanol–water partition coefficient (Wildman–Crippen LogP) is -0.379. The van der Waals surface area contributed by atoms with Crippen LogP contribution in [0.4, 0.5) is 0 Å². The van der Waals surface area contributed by atoms with E-state index in [0.29, 0.717) is 0 Å². The maximum atomic E-state index is 11.8. The van der Waals surface area contributed by atoms with Gasteiger partial charge in [-0.1, -0.05) is 6.92 Å². The quantitative estimate of drug-likeness (QED) is 0.526. The fourth-order valence-electron chi connectivity index (χ4n) is 1.87. The summed E-state index contributed by atoms with van der Waals surface area (Å²) in [4.78, 5) is 26.6. The lowest BCUT2D eigenvalue weighted by atomic mass is 10.2. The van der Waals surface area contributed by atoms with E-state index < -0.39 is 17.9 Å². The number of carboxylic acids is 1. The molecule has 1 atom stereocenters. The zero-order valence-electron chi connectivity index (χ0n) is 11.8. The Morgan fingerprint density at radius 2 is 2.00 bits per heavy atom. The number of piperazine rings is 1. The third-order valence-corrected chi connectivity index (χ3v) is 3.25. The first-order chi connectivity index (χ1) is 9.47. The van der Waals surface area contributed by atoms with E-state index in [1.54, 1.807) is 0 Å². The monoisotopic (exact) mass is 280 g/mol. The van der Waals surface area contributed by atoms with Gasteiger partial charge >= 0.3 is 5.97 Å². The van der Waals surface area contributed by atoms with Gasteiger partial charge in [0.1, 0.15) is 17.7 Å². The van der Waals surface area contributed by atoms with Crippen molar-refractivity contribution in [3.63, 3.8) is 0 Å². The van der Waals surface area contributed by atoms with Crippen LogP contribution in [0.25, 0.3) is 0 Å². The molecule has 1 saturated heterocycles. The van der Waals surface area contributed by atoms with Crippen LogP contribution in [0.15, 0.2) is 11.8 Å². The topological polar surface area (TPSA) is 96.7 Å². The second-order valence-corrected chi connectivity index (χ2v) is 4.66. The van der Waals surface area contributed by atoms with Crippen molar-refractivity contribution in [2.45, 2.75) is 19.9 Å². The van der Waals surface area contributed by atoms with Gasteiger partial charge in [-0.15, -0.1) is 0 Å². The summed E-state index contributed by atoms with van der Waals surface area (Å²) in [6.07, 6.45) is 1.51. The Balaban J connectivity index is 2.62. The molecule has 0 aromatic rings. The van der Waals surface area contributed by atoms with Gasteiger partial charge in [-0.25, -0.2) is 0 Å². The summed E-state index contributed by atoms with van der Waals surface area (Å²) >= 11 is 0. The van der Waals surface area contributed by atoms with Crippen molar-refractivity contribution >= 4 is 11.9 Å². The summed E-state index contributed by atoms with van der Waals surface area (Å²) in [6.45, 7) is 7.71. The fourth-order valence-corrected chi connectivity index (χ4v) is 1.87. The molecule has 7 nitrogen and oxygen atoms in total. The zero-order chi connectivity index (χ0) is 15.1. The number of hydrogen-bond acceptors (Lipinski definition) is 5. The van der Waals surface area contributed by atoms with Crippen LogP contribution >= 0.6 is 0 Å². The highest BCUT2D eigenvalue weighted by molar-refractivity contribution is 5.99. The Hall–Kier alpha value is -2.07. The molecule has 1 rings (SSSR count). The number of carboxylic acid groups (broad SMARTS) is 1. The van der Waals surface area contributed by atoms with E-state index in [4.69, 9.17) is 10.4 Å². The molecule has 0 radical (unpaired) electrons. The maximum Gasteiger partial charge on any atom is 0.325 e. The van der Waals surface area contributed by atoms with E-state index >= 15 is 0 Å². The van der Waals surface area contributed by atoms with E-state index in [9.17, 15) is 9.59 Å². The van der Waals surface area contributed by atoms with E-state index in [-0.39, 0.29) is 5.57 Å². The number of carbonyl (C=O) groups is 2. The van der Waals surface area contributed by atoms with Gasteiger partial charge in [0.15, 0.2) is 0 Å². The minimum absolute atomic E-state index is 0.0666. The highest BCUT2D eigenvalue weighted by Crippen LogP contribution is 2.05. The second-order valence-electron chi connectivity index (χ2n) is 4.66. The molecular formula is C13H20N4O3. The molecule has 1 aliphatic rings. The van der Waals surface area contributed by atoms with Crippen LogP contribution in [0, 0.1) is 11.3 Å². The Kier molecular flexibility index (Phi) is 6.00. The van der Waals surface area contributed by atoms with Gasteiger partial charge in [0.2, 0.25) is 0 Å². The van der Waals surface area contributed by atoms with Gasteiger partial charge < -0.3 is 20.2 Å². The van der Waals surface area contributed by atoms with Crippen molar-refractivity contribution in [2.24, 2.45) is 0 Å². The molecule has 0 saturated carbocycles. The van der Waals surface area contributed by atoms with Gasteiger partial charge in [0.05, 0.1) is 0 Å². The molecular weight excluding hydrogens is 260 g/mol. The molecule has 0 aromatic heterocycles. The average molecular weight is 280 g/mol. The Bertz CT molecular complexity index is 433. The van der Waals surface area contributed by atoms with Crippen molar-refractivity contribution in [2.75, 3.05) is 32.7 Å². The number of rotatable bonds is 5. The highest BCUT2D eigenvalue weighted by atomic mass is 16.4. The van der Waals surface area contributed by atoms with E-state index in [1.165, 1.54) is 13.1 Å². The summed E-state index contributed by atoms with van der Waals surface area (Å²) in [5, 5.41) is 20.0. The van der Waals surface area contributed by atoms with Crippen molar-refractivity contribution in [1.82, 2.24) is 15.1 Å². The van der Waals surface area contributed by atoms with Crippen LogP contribution in [0.1, 0.15) is 13.8 Å². The molecule has 110 valence electrons. The lowest BCUT2D eigenvalue weighted by molar-refractivity contribution is -0.140.